The molecule has 6 heteroatoms. The molecule has 0 saturated carbocycles. The van der Waals surface area contributed by atoms with Gasteiger partial charge >= 0.3 is 5.97 Å². The van der Waals surface area contributed by atoms with Gasteiger partial charge in [0.05, 0.1) is 12.3 Å². The molecule has 0 bridgehead atoms. The van der Waals surface area contributed by atoms with Crippen molar-refractivity contribution in [3.05, 3.63) is 100.0 Å². The van der Waals surface area contributed by atoms with Gasteiger partial charge in [0, 0.05) is 18.3 Å². The Morgan fingerprint density at radius 1 is 1.00 bits per heavy atom. The molecule has 3 rings (SSSR count). The molecular weight excluding hydrogens is 418 g/mol. The highest BCUT2D eigenvalue weighted by Crippen LogP contribution is 2.15. The van der Waals surface area contributed by atoms with Crippen LogP contribution < -0.4 is 14.9 Å². The molecule has 0 amide bonds. The van der Waals surface area contributed by atoms with Gasteiger partial charge in [-0.2, -0.15) is 0 Å². The number of nitrogens with one attached hydrogen (secondary N) is 1. The molecule has 6 nitrogen and oxygen atoms in total. The summed E-state index contributed by atoms with van der Waals surface area (Å²) in [4.78, 5) is 27.1. The van der Waals surface area contributed by atoms with Gasteiger partial charge in [-0.05, 0) is 41.7 Å². The number of pyridine rings is 1. The van der Waals surface area contributed by atoms with E-state index in [-0.39, 0.29) is 17.8 Å². The Morgan fingerprint density at radius 2 is 1.76 bits per heavy atom. The average molecular weight is 448 g/mol. The van der Waals surface area contributed by atoms with Crippen LogP contribution in [0.1, 0.15) is 37.1 Å². The molecule has 0 unspecified atom stereocenters. The van der Waals surface area contributed by atoms with E-state index in [1.54, 1.807) is 6.08 Å². The number of carbonyl (C=O) groups excluding carboxylic acids is 1. The van der Waals surface area contributed by atoms with Gasteiger partial charge in [-0.15, -0.1) is 0 Å². The van der Waals surface area contributed by atoms with Crippen molar-refractivity contribution in [3.63, 3.8) is 0 Å². The lowest BCUT2D eigenvalue weighted by molar-refractivity contribution is -0.139. The number of H-pyrrole nitrogens is 1. The molecule has 0 spiro atoms. The van der Waals surface area contributed by atoms with Gasteiger partial charge in [-0.3, -0.25) is 4.79 Å². The minimum absolute atomic E-state index is 0.0308. The van der Waals surface area contributed by atoms with E-state index in [0.29, 0.717) is 24.8 Å². The van der Waals surface area contributed by atoms with Gasteiger partial charge in [0.25, 0.3) is 0 Å². The highest BCUT2D eigenvalue weighted by molar-refractivity contribution is 5.87. The van der Waals surface area contributed by atoms with Gasteiger partial charge < -0.3 is 19.2 Å². The quantitative estimate of drug-likeness (QED) is 0.325. The van der Waals surface area contributed by atoms with Crippen LogP contribution in [0.15, 0.2) is 77.7 Å². The largest absolute Gasteiger partial charge is 0.489 e. The molecule has 0 aliphatic carbocycles. The Bertz CT molecular complexity index is 1100. The van der Waals surface area contributed by atoms with E-state index >= 15 is 0 Å². The van der Waals surface area contributed by atoms with Crippen LogP contribution in [-0.4, -0.2) is 17.6 Å². The molecule has 33 heavy (non-hydrogen) atoms. The van der Waals surface area contributed by atoms with E-state index in [2.05, 4.69) is 18.8 Å². The molecule has 1 aromatic heterocycles. The monoisotopic (exact) mass is 447 g/mol. The molecule has 3 aromatic rings. The zero-order chi connectivity index (χ0) is 23.5. The number of ether oxygens (including phenoxy) is 3. The summed E-state index contributed by atoms with van der Waals surface area (Å²) in [6.07, 6.45) is 5.39. The van der Waals surface area contributed by atoms with Crippen LogP contribution in [0.2, 0.25) is 0 Å². The predicted octanol–water partition coefficient (Wildman–Crippen LogP) is 5.14. The number of benzene rings is 2. The standard InChI is InChI=1S/C27H29NO5/c1-20(2)14-15-31-26-17-28-23(16-25(26)29)19-33-27(30)13-10-21-8-11-24(12-9-21)32-18-22-6-4-3-5-7-22/h3-13,16-17,20H,14-15,18-19H2,1-2H3,(H,28,29)/b13-10+. The lowest BCUT2D eigenvalue weighted by atomic mass is 10.1. The number of aromatic nitrogens is 1. The Balaban J connectivity index is 1.44. The van der Waals surface area contributed by atoms with Gasteiger partial charge in [0.2, 0.25) is 5.43 Å². The fourth-order valence-electron chi connectivity index (χ4n) is 2.88. The zero-order valence-corrected chi connectivity index (χ0v) is 19.0. The summed E-state index contributed by atoms with van der Waals surface area (Å²) < 4.78 is 16.5. The van der Waals surface area contributed by atoms with Crippen molar-refractivity contribution in [1.29, 1.82) is 0 Å². The fraction of sp³-hybridized carbons (Fsp3) is 0.259. The molecule has 0 radical (unpaired) electrons. The second-order valence-corrected chi connectivity index (χ2v) is 8.00. The average Bonchev–Trinajstić information content (AvgIpc) is 2.82. The summed E-state index contributed by atoms with van der Waals surface area (Å²) in [7, 11) is 0. The normalized spacial score (nSPS) is 11.0. The number of hydrogen-bond donors (Lipinski definition) is 1. The molecular formula is C27H29NO5. The van der Waals surface area contributed by atoms with E-state index in [4.69, 9.17) is 14.2 Å². The molecule has 2 aromatic carbocycles. The maximum Gasteiger partial charge on any atom is 0.331 e. The summed E-state index contributed by atoms with van der Waals surface area (Å²) in [5.41, 5.74) is 2.20. The van der Waals surface area contributed by atoms with E-state index in [0.717, 1.165) is 23.3 Å². The molecule has 0 fully saturated rings. The number of esters is 1. The summed E-state index contributed by atoms with van der Waals surface area (Å²) in [5, 5.41) is 0. The summed E-state index contributed by atoms with van der Waals surface area (Å²) >= 11 is 0. The lowest BCUT2D eigenvalue weighted by Crippen LogP contribution is -2.12. The minimum Gasteiger partial charge on any atom is -0.489 e. The van der Waals surface area contributed by atoms with Gasteiger partial charge in [0.1, 0.15) is 19.0 Å². The van der Waals surface area contributed by atoms with Crippen molar-refractivity contribution in [2.24, 2.45) is 5.92 Å². The first-order chi connectivity index (χ1) is 16.0. The maximum absolute atomic E-state index is 12.1. The van der Waals surface area contributed by atoms with Crippen molar-refractivity contribution >= 4 is 12.0 Å². The molecule has 0 aliphatic rings. The first kappa shape index (κ1) is 23.9. The van der Waals surface area contributed by atoms with E-state index in [1.165, 1.54) is 18.3 Å². The van der Waals surface area contributed by atoms with E-state index in [9.17, 15) is 9.59 Å². The number of hydrogen-bond acceptors (Lipinski definition) is 5. The van der Waals surface area contributed by atoms with Crippen molar-refractivity contribution in [1.82, 2.24) is 4.98 Å². The van der Waals surface area contributed by atoms with Crippen LogP contribution in [0.4, 0.5) is 0 Å². The molecule has 1 heterocycles. The lowest BCUT2D eigenvalue weighted by Gasteiger charge is -2.08. The van der Waals surface area contributed by atoms with E-state index in [1.807, 2.05) is 54.6 Å². The molecule has 0 atom stereocenters. The number of aromatic amines is 1. The van der Waals surface area contributed by atoms with Gasteiger partial charge in [0.15, 0.2) is 5.75 Å². The Kier molecular flexibility index (Phi) is 8.88. The molecule has 0 saturated heterocycles. The smallest absolute Gasteiger partial charge is 0.331 e. The van der Waals surface area contributed by atoms with Crippen LogP contribution in [0.3, 0.4) is 0 Å². The third-order valence-electron chi connectivity index (χ3n) is 4.80. The molecule has 0 aliphatic heterocycles. The van der Waals surface area contributed by atoms with E-state index < -0.39 is 5.97 Å². The SMILES string of the molecule is CC(C)CCOc1c[nH]c(COC(=O)/C=C/c2ccc(OCc3ccccc3)cc2)cc1=O. The Hall–Kier alpha value is -3.80. The number of rotatable bonds is 11. The van der Waals surface area contributed by atoms with Crippen LogP contribution in [-0.2, 0) is 22.7 Å². The van der Waals surface area contributed by atoms with Crippen molar-refractivity contribution in [3.8, 4) is 11.5 Å². The second-order valence-electron chi connectivity index (χ2n) is 8.00. The zero-order valence-electron chi connectivity index (χ0n) is 19.0. The topological polar surface area (TPSA) is 77.6 Å². The summed E-state index contributed by atoms with van der Waals surface area (Å²) in [6, 6.07) is 18.7. The molecule has 1 N–H and O–H groups in total. The minimum atomic E-state index is -0.502. The van der Waals surface area contributed by atoms with Crippen LogP contribution in [0.5, 0.6) is 11.5 Å². The summed E-state index contributed by atoms with van der Waals surface area (Å²) in [5.74, 6) is 1.01. The highest BCUT2D eigenvalue weighted by atomic mass is 16.5. The summed E-state index contributed by atoms with van der Waals surface area (Å²) in [6.45, 7) is 5.14. The third-order valence-corrected chi connectivity index (χ3v) is 4.80. The van der Waals surface area contributed by atoms with Gasteiger partial charge in [-0.25, -0.2) is 4.79 Å². The third kappa shape index (κ3) is 8.33. The van der Waals surface area contributed by atoms with Crippen molar-refractivity contribution in [2.75, 3.05) is 6.61 Å². The van der Waals surface area contributed by atoms with Crippen molar-refractivity contribution in [2.45, 2.75) is 33.5 Å². The Labute approximate surface area is 193 Å². The maximum atomic E-state index is 12.1. The fourth-order valence-corrected chi connectivity index (χ4v) is 2.88. The second kappa shape index (κ2) is 12.3. The first-order valence-electron chi connectivity index (χ1n) is 11.0. The van der Waals surface area contributed by atoms with Crippen LogP contribution in [0.25, 0.3) is 6.08 Å². The number of carbonyl (C=O) groups is 1. The predicted molar refractivity (Wildman–Crippen MR) is 128 cm³/mol. The Morgan fingerprint density at radius 3 is 2.45 bits per heavy atom. The molecule has 172 valence electrons. The van der Waals surface area contributed by atoms with Crippen LogP contribution in [0, 0.1) is 5.92 Å². The van der Waals surface area contributed by atoms with Crippen molar-refractivity contribution < 1.29 is 19.0 Å². The first-order valence-corrected chi connectivity index (χ1v) is 11.0. The highest BCUT2D eigenvalue weighted by Gasteiger charge is 2.05. The van der Waals surface area contributed by atoms with Crippen LogP contribution >= 0.6 is 0 Å². The van der Waals surface area contributed by atoms with Gasteiger partial charge in [-0.1, -0.05) is 56.3 Å².